The van der Waals surface area contributed by atoms with Crippen LogP contribution in [-0.4, -0.2) is 4.92 Å². The van der Waals surface area contributed by atoms with Gasteiger partial charge in [0.25, 0.3) is 0 Å². The maximum Gasteiger partial charge on any atom is 0.238 e. The summed E-state index contributed by atoms with van der Waals surface area (Å²) in [7, 11) is 0. The number of rotatable bonds is 2. The maximum absolute atomic E-state index is 9.82. The van der Waals surface area contributed by atoms with Crippen molar-refractivity contribution in [2.45, 2.75) is 0 Å². The van der Waals surface area contributed by atoms with Crippen LogP contribution in [0.5, 0.6) is 0 Å². The van der Waals surface area contributed by atoms with Crippen LogP contribution in [0.2, 0.25) is 5.02 Å². The average molecular weight is 174 g/mol. The molecular formula is C6H4ClNO3. The Bertz CT molecular complexity index is 292. The molecule has 1 heterocycles. The fourth-order valence-electron chi connectivity index (χ4n) is 0.550. The van der Waals surface area contributed by atoms with E-state index in [-0.39, 0.29) is 0 Å². The molecule has 0 aliphatic rings. The van der Waals surface area contributed by atoms with E-state index in [2.05, 4.69) is 0 Å². The minimum atomic E-state index is -0.573. The van der Waals surface area contributed by atoms with Gasteiger partial charge in [-0.2, -0.15) is 0 Å². The standard InChI is InChI=1S/C6H4ClNO3/c7-5-3-6(11-4-5)1-2-8(9)10/h1-4H. The van der Waals surface area contributed by atoms with Crippen molar-refractivity contribution in [3.63, 3.8) is 0 Å². The van der Waals surface area contributed by atoms with Crippen LogP contribution in [0.15, 0.2) is 22.9 Å². The number of hydrogen-bond acceptors (Lipinski definition) is 3. The van der Waals surface area contributed by atoms with Gasteiger partial charge in [-0.15, -0.1) is 0 Å². The van der Waals surface area contributed by atoms with Gasteiger partial charge in [0.1, 0.15) is 12.0 Å². The van der Waals surface area contributed by atoms with Gasteiger partial charge in [-0.25, -0.2) is 0 Å². The Balaban J connectivity index is 2.71. The highest BCUT2D eigenvalue weighted by Gasteiger charge is 1.95. The number of halogens is 1. The molecule has 4 nitrogen and oxygen atoms in total. The second-order valence-electron chi connectivity index (χ2n) is 1.77. The summed E-state index contributed by atoms with van der Waals surface area (Å²) in [5.74, 6) is 0.367. The summed E-state index contributed by atoms with van der Waals surface area (Å²) in [6, 6.07) is 1.49. The molecule has 0 radical (unpaired) electrons. The van der Waals surface area contributed by atoms with E-state index in [1.807, 2.05) is 0 Å². The SMILES string of the molecule is O=[N+]([O-])C=Cc1cc(Cl)co1. The van der Waals surface area contributed by atoms with Crippen molar-refractivity contribution in [1.82, 2.24) is 0 Å². The summed E-state index contributed by atoms with van der Waals surface area (Å²) in [5.41, 5.74) is 0. The summed E-state index contributed by atoms with van der Waals surface area (Å²) >= 11 is 5.48. The summed E-state index contributed by atoms with van der Waals surface area (Å²) in [5, 5.41) is 10.2. The van der Waals surface area contributed by atoms with Gasteiger partial charge in [0.2, 0.25) is 6.20 Å². The van der Waals surface area contributed by atoms with Crippen LogP contribution in [0.4, 0.5) is 0 Å². The highest BCUT2D eigenvalue weighted by Crippen LogP contribution is 2.13. The van der Waals surface area contributed by atoms with Gasteiger partial charge in [0.15, 0.2) is 0 Å². The average Bonchev–Trinajstić information content (AvgIpc) is 2.31. The lowest BCUT2D eigenvalue weighted by Gasteiger charge is -1.77. The minimum Gasteiger partial charge on any atom is -0.463 e. The van der Waals surface area contributed by atoms with E-state index in [1.54, 1.807) is 0 Å². The first-order valence-electron chi connectivity index (χ1n) is 2.74. The van der Waals surface area contributed by atoms with E-state index < -0.39 is 4.92 Å². The first-order chi connectivity index (χ1) is 5.18. The number of nitro groups is 1. The smallest absolute Gasteiger partial charge is 0.238 e. The monoisotopic (exact) mass is 173 g/mol. The maximum atomic E-state index is 9.82. The number of furan rings is 1. The van der Waals surface area contributed by atoms with Crippen LogP contribution in [0.1, 0.15) is 5.76 Å². The van der Waals surface area contributed by atoms with Crippen LogP contribution in [0.3, 0.4) is 0 Å². The Kier molecular flexibility index (Phi) is 2.28. The summed E-state index contributed by atoms with van der Waals surface area (Å²) in [6.07, 6.45) is 3.32. The normalized spacial score (nSPS) is 10.6. The molecule has 0 aliphatic heterocycles. The molecule has 0 amide bonds. The van der Waals surface area contributed by atoms with E-state index >= 15 is 0 Å². The first kappa shape index (κ1) is 7.81. The minimum absolute atomic E-state index is 0.367. The van der Waals surface area contributed by atoms with Gasteiger partial charge in [-0.1, -0.05) is 11.6 Å². The highest BCUT2D eigenvalue weighted by molar-refractivity contribution is 6.30. The third kappa shape index (κ3) is 2.43. The molecule has 0 unspecified atom stereocenters. The van der Waals surface area contributed by atoms with Crippen LogP contribution in [-0.2, 0) is 0 Å². The Morgan fingerprint density at radius 3 is 2.91 bits per heavy atom. The van der Waals surface area contributed by atoms with Crippen molar-refractivity contribution in [3.8, 4) is 0 Å². The first-order valence-corrected chi connectivity index (χ1v) is 3.12. The van der Waals surface area contributed by atoms with Gasteiger partial charge >= 0.3 is 0 Å². The lowest BCUT2D eigenvalue weighted by Crippen LogP contribution is -1.80. The van der Waals surface area contributed by atoms with Gasteiger partial charge in [0.05, 0.1) is 16.0 Å². The Morgan fingerprint density at radius 2 is 2.45 bits per heavy atom. The van der Waals surface area contributed by atoms with E-state index in [9.17, 15) is 10.1 Å². The van der Waals surface area contributed by atoms with Crippen molar-refractivity contribution in [2.75, 3.05) is 0 Å². The quantitative estimate of drug-likeness (QED) is 0.509. The molecular weight excluding hydrogens is 170 g/mol. The molecule has 0 saturated carbocycles. The van der Waals surface area contributed by atoms with Crippen molar-refractivity contribution >= 4 is 17.7 Å². The molecule has 0 aromatic carbocycles. The number of nitrogens with zero attached hydrogens (tertiary/aromatic N) is 1. The summed E-state index contributed by atoms with van der Waals surface area (Å²) in [4.78, 5) is 9.25. The molecule has 11 heavy (non-hydrogen) atoms. The van der Waals surface area contributed by atoms with Gasteiger partial charge in [-0.3, -0.25) is 10.1 Å². The number of hydrogen-bond donors (Lipinski definition) is 0. The van der Waals surface area contributed by atoms with Crippen molar-refractivity contribution < 1.29 is 9.34 Å². The second kappa shape index (κ2) is 3.21. The third-order valence-corrected chi connectivity index (χ3v) is 1.15. The topological polar surface area (TPSA) is 56.3 Å². The van der Waals surface area contributed by atoms with Crippen LogP contribution in [0, 0.1) is 10.1 Å². The zero-order chi connectivity index (χ0) is 8.27. The van der Waals surface area contributed by atoms with Crippen molar-refractivity contribution in [3.05, 3.63) is 39.4 Å². The molecule has 0 fully saturated rings. The largest absolute Gasteiger partial charge is 0.463 e. The van der Waals surface area contributed by atoms with Crippen LogP contribution in [0.25, 0.3) is 6.08 Å². The molecule has 0 spiro atoms. The van der Waals surface area contributed by atoms with Crippen LogP contribution >= 0.6 is 11.6 Å². The third-order valence-electron chi connectivity index (χ3n) is 0.948. The zero-order valence-corrected chi connectivity index (χ0v) is 6.12. The summed E-state index contributed by atoms with van der Waals surface area (Å²) < 4.78 is 4.79. The Morgan fingerprint density at radius 1 is 1.73 bits per heavy atom. The predicted octanol–water partition coefficient (Wildman–Crippen LogP) is 2.18. The predicted molar refractivity (Wildman–Crippen MR) is 39.7 cm³/mol. The molecule has 1 aromatic rings. The van der Waals surface area contributed by atoms with Crippen LogP contribution < -0.4 is 0 Å². The molecule has 0 saturated heterocycles. The van der Waals surface area contributed by atoms with Gasteiger partial charge in [-0.05, 0) is 0 Å². The lowest BCUT2D eigenvalue weighted by atomic mass is 10.4. The molecule has 0 aliphatic carbocycles. The van der Waals surface area contributed by atoms with E-state index in [4.69, 9.17) is 16.0 Å². The van der Waals surface area contributed by atoms with E-state index in [0.717, 1.165) is 6.20 Å². The fourth-order valence-corrected chi connectivity index (χ4v) is 0.702. The van der Waals surface area contributed by atoms with E-state index in [0.29, 0.717) is 10.8 Å². The molecule has 58 valence electrons. The Hall–Kier alpha value is -1.29. The molecule has 5 heteroatoms. The molecule has 0 N–H and O–H groups in total. The van der Waals surface area contributed by atoms with Gasteiger partial charge < -0.3 is 4.42 Å². The Labute approximate surface area is 67.2 Å². The summed E-state index contributed by atoms with van der Waals surface area (Å²) in [6.45, 7) is 0. The highest BCUT2D eigenvalue weighted by atomic mass is 35.5. The molecule has 1 rings (SSSR count). The lowest BCUT2D eigenvalue weighted by molar-refractivity contribution is -0.401. The molecule has 0 bridgehead atoms. The zero-order valence-electron chi connectivity index (χ0n) is 5.36. The molecule has 0 atom stereocenters. The second-order valence-corrected chi connectivity index (χ2v) is 2.20. The van der Waals surface area contributed by atoms with Crippen molar-refractivity contribution in [1.29, 1.82) is 0 Å². The van der Waals surface area contributed by atoms with Gasteiger partial charge in [0, 0.05) is 6.07 Å². The fraction of sp³-hybridized carbons (Fsp3) is 0. The van der Waals surface area contributed by atoms with E-state index in [1.165, 1.54) is 18.4 Å². The molecule has 1 aromatic heterocycles. The van der Waals surface area contributed by atoms with Crippen molar-refractivity contribution in [2.24, 2.45) is 0 Å².